The molecule has 0 aliphatic heterocycles. The zero-order chi connectivity index (χ0) is 16.8. The minimum atomic E-state index is -6.09. The van der Waals surface area contributed by atoms with Crippen molar-refractivity contribution in [2.45, 2.75) is 5.51 Å². The predicted octanol–water partition coefficient (Wildman–Crippen LogP) is -0.118. The summed E-state index contributed by atoms with van der Waals surface area (Å²) in [4.78, 5) is 0. The molecule has 0 bridgehead atoms. The lowest BCUT2D eigenvalue weighted by atomic mass is 10.1. The number of alkyl halides is 3. The molecular formula is C14H14F3IO4S. The molecule has 23 heavy (non-hydrogen) atoms. The van der Waals surface area contributed by atoms with Gasteiger partial charge in [0.1, 0.15) is 5.75 Å². The summed E-state index contributed by atoms with van der Waals surface area (Å²) in [6.07, 6.45) is 0. The molecule has 2 aromatic carbocycles. The van der Waals surface area contributed by atoms with Crippen LogP contribution in [0.2, 0.25) is 0 Å². The Labute approximate surface area is 149 Å². The molecule has 0 aromatic heterocycles. The quantitative estimate of drug-likeness (QED) is 0.355. The molecule has 0 fully saturated rings. The third-order valence-electron chi connectivity index (χ3n) is 2.48. The Morgan fingerprint density at radius 3 is 1.65 bits per heavy atom. The van der Waals surface area contributed by atoms with Crippen LogP contribution in [0.5, 0.6) is 5.75 Å². The Bertz CT molecular complexity index is 686. The van der Waals surface area contributed by atoms with E-state index in [1.54, 1.807) is 7.11 Å². The highest BCUT2D eigenvalue weighted by Crippen LogP contribution is 2.21. The number of halogens is 4. The van der Waals surface area contributed by atoms with Gasteiger partial charge in [0.05, 0.1) is 7.11 Å². The summed E-state index contributed by atoms with van der Waals surface area (Å²) in [5.74, 6) is 0.893. The number of hydrogen-bond donors (Lipinski definition) is 0. The van der Waals surface area contributed by atoms with Crippen molar-refractivity contribution >= 4 is 10.1 Å². The first-order chi connectivity index (χ1) is 10.1. The number of rotatable bonds is 2. The molecule has 0 saturated carbocycles. The van der Waals surface area contributed by atoms with Gasteiger partial charge in [-0.15, -0.1) is 0 Å². The van der Waals surface area contributed by atoms with Gasteiger partial charge in [0.25, 0.3) is 0 Å². The van der Waals surface area contributed by atoms with Gasteiger partial charge in [-0.2, -0.15) is 13.2 Å². The highest BCUT2D eigenvalue weighted by Gasteiger charge is 2.36. The summed E-state index contributed by atoms with van der Waals surface area (Å²) in [6.45, 7) is 0. The molecule has 0 spiro atoms. The second-order valence-electron chi connectivity index (χ2n) is 3.99. The Morgan fingerprint density at radius 2 is 1.30 bits per heavy atom. The van der Waals surface area contributed by atoms with Crippen molar-refractivity contribution in [3.63, 3.8) is 0 Å². The van der Waals surface area contributed by atoms with Crippen molar-refractivity contribution in [1.29, 1.82) is 0 Å². The lowest BCUT2D eigenvalue weighted by Crippen LogP contribution is -3.00. The van der Waals surface area contributed by atoms with Crippen LogP contribution in [-0.4, -0.2) is 25.6 Å². The van der Waals surface area contributed by atoms with Gasteiger partial charge in [-0.25, -0.2) is 8.42 Å². The van der Waals surface area contributed by atoms with Crippen LogP contribution in [0.4, 0.5) is 13.2 Å². The maximum atomic E-state index is 10.7. The molecule has 9 heteroatoms. The van der Waals surface area contributed by atoms with Gasteiger partial charge in [0.15, 0.2) is 10.1 Å². The Morgan fingerprint density at radius 1 is 0.913 bits per heavy atom. The predicted molar refractivity (Wildman–Crippen MR) is 77.0 cm³/mol. The maximum Gasteiger partial charge on any atom is 0.485 e. The Kier molecular flexibility index (Phi) is 8.56. The van der Waals surface area contributed by atoms with Crippen LogP contribution in [0.25, 0.3) is 11.1 Å². The summed E-state index contributed by atoms with van der Waals surface area (Å²) < 4.78 is 64.0. The molecule has 0 aliphatic carbocycles. The van der Waals surface area contributed by atoms with Crippen molar-refractivity contribution in [3.05, 3.63) is 54.6 Å². The highest BCUT2D eigenvalue weighted by atomic mass is 127. The third kappa shape index (κ3) is 7.18. The fourth-order valence-corrected chi connectivity index (χ4v) is 1.41. The highest BCUT2D eigenvalue weighted by molar-refractivity contribution is 7.86. The lowest BCUT2D eigenvalue weighted by Gasteiger charge is -2.08. The van der Waals surface area contributed by atoms with E-state index in [1.807, 2.05) is 30.3 Å². The molecule has 2 rings (SSSR count). The van der Waals surface area contributed by atoms with E-state index in [9.17, 15) is 13.2 Å². The van der Waals surface area contributed by atoms with E-state index in [4.69, 9.17) is 17.7 Å². The second-order valence-corrected chi connectivity index (χ2v) is 5.37. The first-order valence-electron chi connectivity index (χ1n) is 5.87. The zero-order valence-electron chi connectivity index (χ0n) is 11.8. The van der Waals surface area contributed by atoms with Crippen LogP contribution >= 0.6 is 0 Å². The average molecular weight is 462 g/mol. The Balaban J connectivity index is 0.000000469. The minimum absolute atomic E-state index is 0. The van der Waals surface area contributed by atoms with E-state index in [1.165, 1.54) is 11.1 Å². The summed E-state index contributed by atoms with van der Waals surface area (Å²) in [6, 6.07) is 18.4. The number of ether oxygens (including phenoxy) is 1. The second kappa shape index (κ2) is 9.08. The van der Waals surface area contributed by atoms with Crippen LogP contribution in [-0.2, 0) is 10.1 Å². The van der Waals surface area contributed by atoms with Crippen LogP contribution in [0.3, 0.4) is 0 Å². The molecule has 128 valence electrons. The molecule has 2 aromatic rings. The molecule has 0 saturated heterocycles. The fraction of sp³-hybridized carbons (Fsp3) is 0.143. The van der Waals surface area contributed by atoms with Crippen LogP contribution < -0.4 is 28.7 Å². The zero-order valence-corrected chi connectivity index (χ0v) is 15.2. The topological polar surface area (TPSA) is 66.4 Å². The standard InChI is InChI=1S/C13H12O.CHF3O3S.H2I/c1-14-13-9-7-12(8-10-13)11-5-3-2-4-6-11;2-1(3,4)8(5,6)7;/h2-10H,1H3;(H,5,6,7);1H2/q;;+1/p-1. The molecule has 0 unspecified atom stereocenters. The largest absolute Gasteiger partial charge is 0.741 e. The van der Waals surface area contributed by atoms with Crippen molar-refractivity contribution in [3.8, 4) is 16.9 Å². The first-order valence-corrected chi connectivity index (χ1v) is 7.27. The number of benzene rings is 2. The van der Waals surface area contributed by atoms with Crippen molar-refractivity contribution in [2.24, 2.45) is 0 Å². The number of methoxy groups -OCH3 is 1. The summed E-state index contributed by atoms with van der Waals surface area (Å²) >= 11 is 0. The summed E-state index contributed by atoms with van der Waals surface area (Å²) in [7, 11) is -4.41. The molecule has 0 heterocycles. The van der Waals surface area contributed by atoms with E-state index in [0.717, 1.165) is 5.75 Å². The fourth-order valence-electron chi connectivity index (χ4n) is 1.41. The minimum Gasteiger partial charge on any atom is -0.741 e. The smallest absolute Gasteiger partial charge is 0.485 e. The SMILES string of the molecule is COc1ccc(-c2ccccc2)cc1.O=S(=O)([O-])C(F)(F)F.[IH2+]. The van der Waals surface area contributed by atoms with Crippen LogP contribution in [0, 0.1) is 0 Å². The maximum absolute atomic E-state index is 10.7. The van der Waals surface area contributed by atoms with Crippen LogP contribution in [0.1, 0.15) is 0 Å². The monoisotopic (exact) mass is 462 g/mol. The number of hydrogen-bond acceptors (Lipinski definition) is 4. The van der Waals surface area contributed by atoms with Gasteiger partial charge >= 0.3 is 5.51 Å². The normalized spacial score (nSPS) is 10.8. The molecular weight excluding hydrogens is 448 g/mol. The van der Waals surface area contributed by atoms with Crippen molar-refractivity contribution in [1.82, 2.24) is 0 Å². The van der Waals surface area contributed by atoms with Gasteiger partial charge in [-0.1, -0.05) is 42.5 Å². The molecule has 0 atom stereocenters. The third-order valence-corrected chi connectivity index (χ3v) is 3.05. The van der Waals surface area contributed by atoms with Gasteiger partial charge < -0.3 is 9.29 Å². The molecule has 0 amide bonds. The molecule has 0 radical (unpaired) electrons. The van der Waals surface area contributed by atoms with Gasteiger partial charge in [-0.05, 0) is 23.3 Å². The summed E-state index contributed by atoms with van der Waals surface area (Å²) in [5.41, 5.74) is -3.20. The van der Waals surface area contributed by atoms with Crippen LogP contribution in [0.15, 0.2) is 54.6 Å². The van der Waals surface area contributed by atoms with Crippen molar-refractivity contribution < 1.29 is 54.9 Å². The average Bonchev–Trinajstić information content (AvgIpc) is 2.47. The van der Waals surface area contributed by atoms with E-state index >= 15 is 0 Å². The molecule has 0 aliphatic rings. The summed E-state index contributed by atoms with van der Waals surface area (Å²) in [5, 5.41) is 0. The van der Waals surface area contributed by atoms with E-state index in [2.05, 4.69) is 24.3 Å². The van der Waals surface area contributed by atoms with Crippen molar-refractivity contribution in [2.75, 3.05) is 7.11 Å². The molecule has 0 N–H and O–H groups in total. The van der Waals surface area contributed by atoms with Gasteiger partial charge in [-0.3, -0.25) is 0 Å². The van der Waals surface area contributed by atoms with Gasteiger partial charge in [0.2, 0.25) is 24.0 Å². The lowest BCUT2D eigenvalue weighted by molar-refractivity contribution is -0.0518. The first kappa shape index (κ1) is 21.7. The van der Waals surface area contributed by atoms with E-state index < -0.39 is 15.6 Å². The van der Waals surface area contributed by atoms with E-state index in [-0.39, 0.29) is 24.0 Å². The molecule has 4 nitrogen and oxygen atoms in total. The Hall–Kier alpha value is -1.33. The van der Waals surface area contributed by atoms with Gasteiger partial charge in [0, 0.05) is 0 Å². The van der Waals surface area contributed by atoms with E-state index in [0.29, 0.717) is 0 Å².